The lowest BCUT2D eigenvalue weighted by Gasteiger charge is -2.10. The Labute approximate surface area is 187 Å². The number of urea groups is 1. The Hall–Kier alpha value is -2.71. The molecule has 2 aromatic carbocycles. The SMILES string of the molecule is Cc1cc(Cc2cnc(NC(=O)Nc3ccc4c(c3)CNC(=O)CC4)s2)ccc1Br. The van der Waals surface area contributed by atoms with Gasteiger partial charge in [0.25, 0.3) is 0 Å². The Morgan fingerprint density at radius 2 is 2.03 bits per heavy atom. The van der Waals surface area contributed by atoms with Crippen molar-refractivity contribution in [1.29, 1.82) is 0 Å². The fraction of sp³-hybridized carbons (Fsp3) is 0.227. The molecule has 0 radical (unpaired) electrons. The molecule has 0 atom stereocenters. The van der Waals surface area contributed by atoms with Crippen LogP contribution in [0.15, 0.2) is 47.1 Å². The Bertz CT molecular complexity index is 1110. The third-order valence-corrected chi connectivity index (χ3v) is 6.74. The zero-order chi connectivity index (χ0) is 21.1. The number of fused-ring (bicyclic) bond motifs is 1. The second-order valence-electron chi connectivity index (χ2n) is 7.23. The summed E-state index contributed by atoms with van der Waals surface area (Å²) in [6.45, 7) is 2.55. The lowest BCUT2D eigenvalue weighted by molar-refractivity contribution is -0.121. The van der Waals surface area contributed by atoms with Crippen molar-refractivity contribution in [1.82, 2.24) is 10.3 Å². The van der Waals surface area contributed by atoms with Gasteiger partial charge in [-0.25, -0.2) is 9.78 Å². The van der Waals surface area contributed by atoms with Gasteiger partial charge in [0.05, 0.1) is 0 Å². The van der Waals surface area contributed by atoms with Crippen molar-refractivity contribution in [2.24, 2.45) is 0 Å². The maximum Gasteiger partial charge on any atom is 0.325 e. The molecule has 6 nitrogen and oxygen atoms in total. The van der Waals surface area contributed by atoms with E-state index < -0.39 is 0 Å². The van der Waals surface area contributed by atoms with E-state index in [2.05, 4.69) is 55.9 Å². The summed E-state index contributed by atoms with van der Waals surface area (Å²) in [7, 11) is 0. The summed E-state index contributed by atoms with van der Waals surface area (Å²) in [6, 6.07) is 11.7. The molecule has 1 aliphatic heterocycles. The van der Waals surface area contributed by atoms with Crippen LogP contribution in [0.5, 0.6) is 0 Å². The summed E-state index contributed by atoms with van der Waals surface area (Å²) in [4.78, 5) is 29.3. The number of aryl methyl sites for hydroxylation is 2. The van der Waals surface area contributed by atoms with Gasteiger partial charge in [-0.3, -0.25) is 10.1 Å². The van der Waals surface area contributed by atoms with Crippen LogP contribution in [-0.2, 0) is 24.2 Å². The highest BCUT2D eigenvalue weighted by Gasteiger charge is 2.14. The number of aromatic nitrogens is 1. The molecule has 3 N–H and O–H groups in total. The van der Waals surface area contributed by atoms with Crippen LogP contribution in [0, 0.1) is 6.92 Å². The summed E-state index contributed by atoms with van der Waals surface area (Å²) in [5, 5.41) is 9.07. The number of hydrogen-bond donors (Lipinski definition) is 3. The van der Waals surface area contributed by atoms with Crippen molar-refractivity contribution in [3.05, 3.63) is 74.2 Å². The number of halogens is 1. The zero-order valence-electron chi connectivity index (χ0n) is 16.4. The number of carbonyl (C=O) groups excluding carboxylic acids is 2. The first-order valence-electron chi connectivity index (χ1n) is 9.62. The van der Waals surface area contributed by atoms with Gasteiger partial charge in [0.1, 0.15) is 0 Å². The molecule has 1 aromatic heterocycles. The summed E-state index contributed by atoms with van der Waals surface area (Å²) < 4.78 is 1.09. The minimum Gasteiger partial charge on any atom is -0.352 e. The van der Waals surface area contributed by atoms with Gasteiger partial charge >= 0.3 is 6.03 Å². The molecule has 0 fully saturated rings. The topological polar surface area (TPSA) is 83.1 Å². The van der Waals surface area contributed by atoms with E-state index in [0.717, 1.165) is 26.9 Å². The molecule has 30 heavy (non-hydrogen) atoms. The van der Waals surface area contributed by atoms with Gasteiger partial charge in [-0.2, -0.15) is 0 Å². The molecule has 0 saturated heterocycles. The van der Waals surface area contributed by atoms with E-state index in [1.807, 2.05) is 24.3 Å². The van der Waals surface area contributed by atoms with Gasteiger partial charge in [0, 0.05) is 40.6 Å². The van der Waals surface area contributed by atoms with Gasteiger partial charge in [-0.05, 0) is 53.8 Å². The third-order valence-electron chi connectivity index (χ3n) is 4.94. The molecular weight excluding hydrogens is 464 g/mol. The second-order valence-corrected chi connectivity index (χ2v) is 9.20. The van der Waals surface area contributed by atoms with Crippen LogP contribution in [0.3, 0.4) is 0 Å². The number of thiazole rings is 1. The van der Waals surface area contributed by atoms with E-state index in [1.165, 1.54) is 22.5 Å². The van der Waals surface area contributed by atoms with E-state index in [1.54, 1.807) is 6.20 Å². The normalized spacial score (nSPS) is 13.2. The number of anilines is 2. The van der Waals surface area contributed by atoms with E-state index in [-0.39, 0.29) is 11.9 Å². The molecule has 0 spiro atoms. The fourth-order valence-electron chi connectivity index (χ4n) is 3.37. The first-order chi connectivity index (χ1) is 14.5. The minimum absolute atomic E-state index is 0.0522. The van der Waals surface area contributed by atoms with Crippen LogP contribution in [0.4, 0.5) is 15.6 Å². The molecule has 154 valence electrons. The fourth-order valence-corrected chi connectivity index (χ4v) is 4.46. The lowest BCUT2D eigenvalue weighted by atomic mass is 10.0. The molecule has 3 amide bonds. The number of benzene rings is 2. The van der Waals surface area contributed by atoms with Crippen LogP contribution >= 0.6 is 27.3 Å². The third kappa shape index (κ3) is 5.06. The van der Waals surface area contributed by atoms with Crippen LogP contribution in [0.25, 0.3) is 0 Å². The van der Waals surface area contributed by atoms with E-state index in [0.29, 0.717) is 30.2 Å². The Kier molecular flexibility index (Phi) is 6.15. The van der Waals surface area contributed by atoms with E-state index in [9.17, 15) is 9.59 Å². The number of hydrogen-bond acceptors (Lipinski definition) is 4. The van der Waals surface area contributed by atoms with Crippen molar-refractivity contribution in [3.63, 3.8) is 0 Å². The first kappa shape index (κ1) is 20.6. The van der Waals surface area contributed by atoms with E-state index >= 15 is 0 Å². The molecule has 0 saturated carbocycles. The number of carbonyl (C=O) groups is 2. The molecule has 3 aromatic rings. The Morgan fingerprint density at radius 1 is 1.17 bits per heavy atom. The molecule has 4 rings (SSSR count). The number of amides is 3. The van der Waals surface area contributed by atoms with Gasteiger partial charge in [-0.15, -0.1) is 11.3 Å². The maximum atomic E-state index is 12.4. The van der Waals surface area contributed by atoms with Gasteiger partial charge in [0.15, 0.2) is 5.13 Å². The molecule has 0 unspecified atom stereocenters. The summed E-state index contributed by atoms with van der Waals surface area (Å²) >= 11 is 4.98. The van der Waals surface area contributed by atoms with Crippen LogP contribution in [0.2, 0.25) is 0 Å². The summed E-state index contributed by atoms with van der Waals surface area (Å²) in [5.74, 6) is 0.0522. The summed E-state index contributed by atoms with van der Waals surface area (Å²) in [5.41, 5.74) is 5.24. The molecule has 0 bridgehead atoms. The van der Waals surface area contributed by atoms with Crippen molar-refractivity contribution in [2.45, 2.75) is 32.7 Å². The predicted molar refractivity (Wildman–Crippen MR) is 123 cm³/mol. The second kappa shape index (κ2) is 8.97. The highest BCUT2D eigenvalue weighted by atomic mass is 79.9. The average molecular weight is 485 g/mol. The number of rotatable bonds is 4. The van der Waals surface area contributed by atoms with Crippen LogP contribution < -0.4 is 16.0 Å². The minimum atomic E-state index is -0.340. The largest absolute Gasteiger partial charge is 0.352 e. The molecule has 2 heterocycles. The highest BCUT2D eigenvalue weighted by Crippen LogP contribution is 2.24. The molecular formula is C22H21BrN4O2S. The van der Waals surface area contributed by atoms with Gasteiger partial charge in [0.2, 0.25) is 5.91 Å². The summed E-state index contributed by atoms with van der Waals surface area (Å²) in [6.07, 6.45) is 3.77. The average Bonchev–Trinajstić information content (AvgIpc) is 3.05. The van der Waals surface area contributed by atoms with E-state index in [4.69, 9.17) is 0 Å². The van der Waals surface area contributed by atoms with Crippen molar-refractivity contribution < 1.29 is 9.59 Å². The molecule has 1 aliphatic rings. The zero-order valence-corrected chi connectivity index (χ0v) is 18.8. The van der Waals surface area contributed by atoms with Crippen molar-refractivity contribution in [3.8, 4) is 0 Å². The van der Waals surface area contributed by atoms with Crippen molar-refractivity contribution >= 4 is 50.0 Å². The molecule has 0 aliphatic carbocycles. The monoisotopic (exact) mass is 484 g/mol. The van der Waals surface area contributed by atoms with Crippen LogP contribution in [0.1, 0.15) is 33.6 Å². The molecule has 8 heteroatoms. The quantitative estimate of drug-likeness (QED) is 0.486. The highest BCUT2D eigenvalue weighted by molar-refractivity contribution is 9.10. The maximum absolute atomic E-state index is 12.4. The Morgan fingerprint density at radius 3 is 2.87 bits per heavy atom. The number of nitrogens with zero attached hydrogens (tertiary/aromatic N) is 1. The van der Waals surface area contributed by atoms with Crippen molar-refractivity contribution in [2.75, 3.05) is 10.6 Å². The predicted octanol–water partition coefficient (Wildman–Crippen LogP) is 5.01. The van der Waals surface area contributed by atoms with Gasteiger partial charge < -0.3 is 10.6 Å². The number of nitrogens with one attached hydrogen (secondary N) is 3. The smallest absolute Gasteiger partial charge is 0.325 e. The lowest BCUT2D eigenvalue weighted by Crippen LogP contribution is -2.21. The standard InChI is InChI=1S/C22H21BrN4O2S/c1-13-8-14(2-6-19(13)23)9-18-12-25-22(30-18)27-21(29)26-17-5-3-15-4-7-20(28)24-11-16(15)10-17/h2-3,5-6,8,10,12H,4,7,9,11H2,1H3,(H,24,28)(H2,25,26,27,29). The first-order valence-corrected chi connectivity index (χ1v) is 11.2. The van der Waals surface area contributed by atoms with Crippen LogP contribution in [-0.4, -0.2) is 16.9 Å². The Balaban J connectivity index is 1.37. The van der Waals surface area contributed by atoms with Gasteiger partial charge in [-0.1, -0.05) is 34.1 Å².